The molecule has 4 heteroatoms. The van der Waals surface area contributed by atoms with Gasteiger partial charge in [-0.2, -0.15) is 0 Å². The van der Waals surface area contributed by atoms with Gasteiger partial charge in [0, 0.05) is 18.6 Å². The first-order chi connectivity index (χ1) is 8.17. The van der Waals surface area contributed by atoms with E-state index in [1.165, 1.54) is 6.42 Å². The van der Waals surface area contributed by atoms with Crippen LogP contribution in [0.2, 0.25) is 0 Å². The highest BCUT2D eigenvalue weighted by molar-refractivity contribution is 5.78. The van der Waals surface area contributed by atoms with Crippen molar-refractivity contribution < 1.29 is 9.90 Å². The van der Waals surface area contributed by atoms with E-state index in [4.69, 9.17) is 0 Å². The maximum Gasteiger partial charge on any atom is 0.236 e. The zero-order valence-corrected chi connectivity index (χ0v) is 11.2. The van der Waals surface area contributed by atoms with E-state index in [0.29, 0.717) is 6.54 Å². The van der Waals surface area contributed by atoms with Crippen LogP contribution in [0.5, 0.6) is 0 Å². The fourth-order valence-electron chi connectivity index (χ4n) is 2.57. The average Bonchev–Trinajstić information content (AvgIpc) is 2.39. The Bertz CT molecular complexity index is 234. The quantitative estimate of drug-likeness (QED) is 0.734. The third-order valence-electron chi connectivity index (χ3n) is 3.84. The molecule has 0 aromatic rings. The van der Waals surface area contributed by atoms with Crippen molar-refractivity contribution in [3.05, 3.63) is 0 Å². The van der Waals surface area contributed by atoms with Crippen LogP contribution in [0.3, 0.4) is 0 Å². The molecule has 0 atom stereocenters. The van der Waals surface area contributed by atoms with Gasteiger partial charge in [-0.3, -0.25) is 4.79 Å². The maximum atomic E-state index is 11.9. The van der Waals surface area contributed by atoms with Crippen LogP contribution in [-0.2, 0) is 4.79 Å². The van der Waals surface area contributed by atoms with Crippen molar-refractivity contribution in [2.75, 3.05) is 26.2 Å². The zero-order chi connectivity index (χ0) is 12.7. The van der Waals surface area contributed by atoms with Gasteiger partial charge in [-0.1, -0.05) is 19.3 Å². The first-order valence-electron chi connectivity index (χ1n) is 6.81. The molecular weight excluding hydrogens is 216 g/mol. The number of hydrogen-bond donors (Lipinski definition) is 2. The number of hydrogen-bond acceptors (Lipinski definition) is 3. The number of rotatable bonds is 6. The lowest BCUT2D eigenvalue weighted by Gasteiger charge is -2.37. The average molecular weight is 242 g/mol. The Hall–Kier alpha value is -0.610. The second-order valence-electron chi connectivity index (χ2n) is 4.92. The number of likely N-dealkylation sites (N-methyl/N-ethyl adjacent to an activating group) is 1. The van der Waals surface area contributed by atoms with Gasteiger partial charge >= 0.3 is 0 Å². The summed E-state index contributed by atoms with van der Waals surface area (Å²) in [6.07, 6.45) is 5.50. The lowest BCUT2D eigenvalue weighted by Crippen LogP contribution is -2.53. The maximum absolute atomic E-state index is 11.9. The standard InChI is InChI=1S/C13H26N2O2/c1-3-15(4-2)12(17)10-14-13(11-16)8-6-5-7-9-13/h14,16H,3-11H2,1-2H3. The predicted molar refractivity (Wildman–Crippen MR) is 68.8 cm³/mol. The van der Waals surface area contributed by atoms with E-state index in [1.807, 2.05) is 18.7 Å². The molecule has 1 aliphatic carbocycles. The van der Waals surface area contributed by atoms with Crippen molar-refractivity contribution in [2.24, 2.45) is 0 Å². The minimum absolute atomic E-state index is 0.133. The van der Waals surface area contributed by atoms with E-state index in [1.54, 1.807) is 0 Å². The molecule has 1 rings (SSSR count). The Labute approximate surface area is 104 Å². The Balaban J connectivity index is 2.44. The molecular formula is C13H26N2O2. The molecule has 1 fully saturated rings. The van der Waals surface area contributed by atoms with Crippen molar-refractivity contribution in [3.8, 4) is 0 Å². The second-order valence-corrected chi connectivity index (χ2v) is 4.92. The van der Waals surface area contributed by atoms with Gasteiger partial charge in [0.1, 0.15) is 0 Å². The third-order valence-corrected chi connectivity index (χ3v) is 3.84. The molecule has 0 unspecified atom stereocenters. The summed E-state index contributed by atoms with van der Waals surface area (Å²) >= 11 is 0. The van der Waals surface area contributed by atoms with Crippen LogP contribution in [0.1, 0.15) is 46.0 Å². The molecule has 0 saturated heterocycles. The number of nitrogens with zero attached hydrogens (tertiary/aromatic N) is 1. The molecule has 0 aliphatic heterocycles. The molecule has 0 aromatic carbocycles. The van der Waals surface area contributed by atoms with Gasteiger partial charge in [-0.15, -0.1) is 0 Å². The molecule has 1 aliphatic rings. The van der Waals surface area contributed by atoms with E-state index in [9.17, 15) is 9.90 Å². The van der Waals surface area contributed by atoms with Gasteiger partial charge in [-0.25, -0.2) is 0 Å². The lowest BCUT2D eigenvalue weighted by molar-refractivity contribution is -0.130. The van der Waals surface area contributed by atoms with Crippen molar-refractivity contribution in [3.63, 3.8) is 0 Å². The van der Waals surface area contributed by atoms with Crippen molar-refractivity contribution >= 4 is 5.91 Å². The fourth-order valence-corrected chi connectivity index (χ4v) is 2.57. The number of nitrogens with one attached hydrogen (secondary N) is 1. The number of aliphatic hydroxyl groups is 1. The van der Waals surface area contributed by atoms with Crippen LogP contribution in [0.4, 0.5) is 0 Å². The molecule has 0 heterocycles. The van der Waals surface area contributed by atoms with Gasteiger partial charge in [0.05, 0.1) is 13.2 Å². The Morgan fingerprint density at radius 1 is 1.24 bits per heavy atom. The number of carbonyl (C=O) groups excluding carboxylic acids is 1. The van der Waals surface area contributed by atoms with Crippen LogP contribution in [-0.4, -0.2) is 47.7 Å². The van der Waals surface area contributed by atoms with E-state index < -0.39 is 0 Å². The second kappa shape index (κ2) is 6.97. The number of amides is 1. The molecule has 1 amide bonds. The van der Waals surface area contributed by atoms with Gasteiger partial charge in [-0.05, 0) is 26.7 Å². The monoisotopic (exact) mass is 242 g/mol. The molecule has 100 valence electrons. The zero-order valence-electron chi connectivity index (χ0n) is 11.2. The Morgan fingerprint density at radius 2 is 1.82 bits per heavy atom. The van der Waals surface area contributed by atoms with Gasteiger partial charge in [0.15, 0.2) is 0 Å². The normalized spacial score (nSPS) is 19.0. The van der Waals surface area contributed by atoms with E-state index in [-0.39, 0.29) is 18.1 Å². The first-order valence-corrected chi connectivity index (χ1v) is 6.81. The lowest BCUT2D eigenvalue weighted by atomic mass is 9.82. The van der Waals surface area contributed by atoms with Crippen LogP contribution in [0, 0.1) is 0 Å². The van der Waals surface area contributed by atoms with Crippen molar-refractivity contribution in [2.45, 2.75) is 51.5 Å². The van der Waals surface area contributed by atoms with E-state index in [2.05, 4.69) is 5.32 Å². The summed E-state index contributed by atoms with van der Waals surface area (Å²) in [4.78, 5) is 13.7. The molecule has 17 heavy (non-hydrogen) atoms. The van der Waals surface area contributed by atoms with Gasteiger partial charge in [0.2, 0.25) is 5.91 Å². The van der Waals surface area contributed by atoms with Crippen LogP contribution in [0.25, 0.3) is 0 Å². The summed E-state index contributed by atoms with van der Waals surface area (Å²) in [5, 5.41) is 12.8. The molecule has 2 N–H and O–H groups in total. The van der Waals surface area contributed by atoms with Gasteiger partial charge < -0.3 is 15.3 Å². The highest BCUT2D eigenvalue weighted by atomic mass is 16.3. The van der Waals surface area contributed by atoms with E-state index in [0.717, 1.165) is 38.8 Å². The summed E-state index contributed by atoms with van der Waals surface area (Å²) in [7, 11) is 0. The van der Waals surface area contributed by atoms with Crippen molar-refractivity contribution in [1.29, 1.82) is 0 Å². The molecule has 1 saturated carbocycles. The molecule has 0 spiro atoms. The highest BCUT2D eigenvalue weighted by Gasteiger charge is 2.31. The molecule has 4 nitrogen and oxygen atoms in total. The van der Waals surface area contributed by atoms with Gasteiger partial charge in [0.25, 0.3) is 0 Å². The summed E-state index contributed by atoms with van der Waals surface area (Å²) < 4.78 is 0. The minimum Gasteiger partial charge on any atom is -0.394 e. The summed E-state index contributed by atoms with van der Waals surface area (Å²) in [5.41, 5.74) is -0.207. The molecule has 0 radical (unpaired) electrons. The molecule has 0 bridgehead atoms. The summed E-state index contributed by atoms with van der Waals surface area (Å²) in [5.74, 6) is 0.133. The number of aliphatic hydroxyl groups excluding tert-OH is 1. The summed E-state index contributed by atoms with van der Waals surface area (Å²) in [6.45, 7) is 5.97. The predicted octanol–water partition coefficient (Wildman–Crippen LogP) is 1.14. The first kappa shape index (κ1) is 14.5. The topological polar surface area (TPSA) is 52.6 Å². The molecule has 0 aromatic heterocycles. The third kappa shape index (κ3) is 3.96. The van der Waals surface area contributed by atoms with Crippen LogP contribution < -0.4 is 5.32 Å². The van der Waals surface area contributed by atoms with Crippen molar-refractivity contribution in [1.82, 2.24) is 10.2 Å². The van der Waals surface area contributed by atoms with E-state index >= 15 is 0 Å². The minimum atomic E-state index is -0.207. The Kier molecular flexibility index (Phi) is 5.92. The Morgan fingerprint density at radius 3 is 2.29 bits per heavy atom. The van der Waals surface area contributed by atoms with Crippen LogP contribution >= 0.6 is 0 Å². The largest absolute Gasteiger partial charge is 0.394 e. The SMILES string of the molecule is CCN(CC)C(=O)CNC1(CO)CCCCC1. The smallest absolute Gasteiger partial charge is 0.236 e. The van der Waals surface area contributed by atoms with Crippen LogP contribution in [0.15, 0.2) is 0 Å². The number of carbonyl (C=O) groups is 1. The fraction of sp³-hybridized carbons (Fsp3) is 0.923. The summed E-state index contributed by atoms with van der Waals surface area (Å²) in [6, 6.07) is 0. The highest BCUT2D eigenvalue weighted by Crippen LogP contribution is 2.27.